The predicted molar refractivity (Wildman–Crippen MR) is 131 cm³/mol. The molecule has 186 valence electrons. The van der Waals surface area contributed by atoms with Gasteiger partial charge in [-0.15, -0.1) is 0 Å². The number of amides is 3. The van der Waals surface area contributed by atoms with Crippen LogP contribution in [0, 0.1) is 17.8 Å². The van der Waals surface area contributed by atoms with Crippen LogP contribution in [0.5, 0.6) is 0 Å². The monoisotopic (exact) mass is 481 g/mol. The molecule has 1 saturated carbocycles. The van der Waals surface area contributed by atoms with Crippen molar-refractivity contribution in [3.63, 3.8) is 0 Å². The first-order chi connectivity index (χ1) is 16.7. The summed E-state index contributed by atoms with van der Waals surface area (Å²) in [6.45, 7) is 3.50. The number of hydrogen-bond acceptors (Lipinski definition) is 6. The van der Waals surface area contributed by atoms with Gasteiger partial charge in [-0.2, -0.15) is 0 Å². The molecule has 1 aromatic heterocycles. The van der Waals surface area contributed by atoms with Gasteiger partial charge < -0.3 is 10.6 Å². The quantitative estimate of drug-likeness (QED) is 0.572. The molecule has 0 radical (unpaired) electrons. The lowest BCUT2D eigenvalue weighted by molar-refractivity contribution is -0.143. The lowest BCUT2D eigenvalue weighted by Gasteiger charge is -2.27. The van der Waals surface area contributed by atoms with Crippen molar-refractivity contribution >= 4 is 29.2 Å². The van der Waals surface area contributed by atoms with Crippen molar-refractivity contribution < 1.29 is 14.4 Å². The van der Waals surface area contributed by atoms with Crippen LogP contribution in [0.1, 0.15) is 45.1 Å². The van der Waals surface area contributed by atoms with E-state index < -0.39 is 23.7 Å². The Morgan fingerprint density at radius 2 is 1.66 bits per heavy atom. The minimum absolute atomic E-state index is 0.0557. The van der Waals surface area contributed by atoms with Gasteiger partial charge in [-0.1, -0.05) is 57.0 Å². The summed E-state index contributed by atoms with van der Waals surface area (Å²) in [7, 11) is 0. The number of H-pyrrole nitrogens is 1. The fourth-order valence-electron chi connectivity index (χ4n) is 5.05. The van der Waals surface area contributed by atoms with Crippen molar-refractivity contribution in [1.29, 1.82) is 0 Å². The van der Waals surface area contributed by atoms with Gasteiger partial charge in [0, 0.05) is 6.54 Å². The lowest BCUT2D eigenvalue weighted by Crippen LogP contribution is -2.48. The molecule has 2 fully saturated rings. The van der Waals surface area contributed by atoms with E-state index in [0.29, 0.717) is 12.8 Å². The molecule has 2 atom stereocenters. The molecule has 2 aromatic rings. The zero-order valence-electron chi connectivity index (χ0n) is 20.0. The van der Waals surface area contributed by atoms with Gasteiger partial charge in [0.2, 0.25) is 17.7 Å². The average molecular weight is 482 g/mol. The number of nitrogens with zero attached hydrogens (tertiary/aromatic N) is 3. The molecular formula is C25H31N5O5. The smallest absolute Gasteiger partial charge is 0.330 e. The van der Waals surface area contributed by atoms with E-state index >= 15 is 0 Å². The summed E-state index contributed by atoms with van der Waals surface area (Å²) < 4.78 is 1.20. The summed E-state index contributed by atoms with van der Waals surface area (Å²) in [6, 6.07) is 9.11. The van der Waals surface area contributed by atoms with Crippen LogP contribution in [-0.4, -0.2) is 45.3 Å². The minimum atomic E-state index is -0.793. The second kappa shape index (κ2) is 9.89. The number of fused-ring (bicyclic) bond motifs is 1. The molecule has 4 rings (SSSR count). The molecule has 10 nitrogen and oxygen atoms in total. The molecule has 3 amide bonds. The van der Waals surface area contributed by atoms with Gasteiger partial charge in [-0.25, -0.2) is 4.79 Å². The molecule has 10 heteroatoms. The number of hydrogen-bond donors (Lipinski definition) is 2. The van der Waals surface area contributed by atoms with Crippen LogP contribution in [0.2, 0.25) is 0 Å². The molecule has 1 aliphatic carbocycles. The molecule has 0 unspecified atom stereocenters. The highest BCUT2D eigenvalue weighted by molar-refractivity contribution is 6.09. The van der Waals surface area contributed by atoms with Crippen LogP contribution >= 0.6 is 0 Å². The van der Waals surface area contributed by atoms with Gasteiger partial charge in [-0.3, -0.25) is 33.6 Å². The topological polar surface area (TPSA) is 139 Å². The van der Waals surface area contributed by atoms with Crippen LogP contribution < -0.4 is 21.9 Å². The standard InChI is InChI=1S/C25H31N5O5/c1-15(2)12-28(19(31)14-30-23(33)17-10-6-7-11-18(17)24(30)34)20-21(26)29(25(35)27-22(20)32)13-16-8-4-3-5-9-16/h3-5,8-9,15,17-18H,6-7,10-14,26H2,1-2H3,(H,27,32,35)/t17-,18+. The Labute approximate surface area is 202 Å². The van der Waals surface area contributed by atoms with E-state index in [9.17, 15) is 24.0 Å². The molecule has 35 heavy (non-hydrogen) atoms. The maximum absolute atomic E-state index is 13.5. The molecule has 0 bridgehead atoms. The Bertz CT molecular complexity index is 1230. The van der Waals surface area contributed by atoms with E-state index in [1.54, 1.807) is 0 Å². The Morgan fingerprint density at radius 1 is 1.06 bits per heavy atom. The van der Waals surface area contributed by atoms with Crippen molar-refractivity contribution in [2.75, 3.05) is 23.7 Å². The number of nitrogen functional groups attached to an aromatic ring is 1. The van der Waals surface area contributed by atoms with E-state index in [1.165, 1.54) is 9.47 Å². The maximum atomic E-state index is 13.5. The SMILES string of the molecule is CC(C)CN(C(=O)CN1C(=O)[C@H]2CCCC[C@H]2C1=O)c1c(N)n(Cc2ccccc2)c(=O)[nH]c1=O. The second-order valence-electron chi connectivity index (χ2n) is 9.72. The lowest BCUT2D eigenvalue weighted by atomic mass is 9.81. The molecule has 2 aliphatic rings. The number of benzene rings is 1. The Morgan fingerprint density at radius 3 is 2.23 bits per heavy atom. The van der Waals surface area contributed by atoms with E-state index in [2.05, 4.69) is 4.98 Å². The number of carbonyl (C=O) groups excluding carboxylic acids is 3. The second-order valence-corrected chi connectivity index (χ2v) is 9.72. The third-order valence-electron chi connectivity index (χ3n) is 6.74. The molecule has 0 spiro atoms. The van der Waals surface area contributed by atoms with Crippen LogP contribution in [-0.2, 0) is 20.9 Å². The van der Waals surface area contributed by atoms with Gasteiger partial charge in [0.25, 0.3) is 5.56 Å². The first kappa shape index (κ1) is 24.4. The zero-order chi connectivity index (χ0) is 25.3. The van der Waals surface area contributed by atoms with E-state index in [0.717, 1.165) is 23.3 Å². The predicted octanol–water partition coefficient (Wildman–Crippen LogP) is 1.33. The number of rotatable bonds is 7. The van der Waals surface area contributed by atoms with E-state index in [-0.39, 0.29) is 54.2 Å². The highest BCUT2D eigenvalue weighted by Gasteiger charge is 2.49. The van der Waals surface area contributed by atoms with Crippen molar-refractivity contribution in [3.05, 3.63) is 56.7 Å². The number of likely N-dealkylation sites (tertiary alicyclic amines) is 1. The number of aromatic nitrogens is 2. The van der Waals surface area contributed by atoms with Crippen molar-refractivity contribution in [2.45, 2.75) is 46.1 Å². The Kier molecular flexibility index (Phi) is 6.90. The number of nitrogens with one attached hydrogen (secondary N) is 1. The summed E-state index contributed by atoms with van der Waals surface area (Å²) >= 11 is 0. The third-order valence-corrected chi connectivity index (χ3v) is 6.74. The van der Waals surface area contributed by atoms with Crippen LogP contribution in [0.4, 0.5) is 11.5 Å². The largest absolute Gasteiger partial charge is 0.383 e. The summed E-state index contributed by atoms with van der Waals surface area (Å²) in [4.78, 5) is 69.2. The fourth-order valence-corrected chi connectivity index (χ4v) is 5.05. The van der Waals surface area contributed by atoms with Crippen molar-refractivity contribution in [2.24, 2.45) is 17.8 Å². The molecule has 2 heterocycles. The summed E-state index contributed by atoms with van der Waals surface area (Å²) in [5.41, 5.74) is 5.46. The highest BCUT2D eigenvalue weighted by atomic mass is 16.2. The van der Waals surface area contributed by atoms with Gasteiger partial charge in [0.15, 0.2) is 5.69 Å². The molecule has 1 aliphatic heterocycles. The number of carbonyl (C=O) groups is 3. The van der Waals surface area contributed by atoms with Gasteiger partial charge in [-0.05, 0) is 24.3 Å². The number of anilines is 2. The highest BCUT2D eigenvalue weighted by Crippen LogP contribution is 2.38. The third kappa shape index (κ3) is 4.78. The van der Waals surface area contributed by atoms with Gasteiger partial charge in [0.1, 0.15) is 12.4 Å². The van der Waals surface area contributed by atoms with E-state index in [4.69, 9.17) is 5.73 Å². The molecule has 3 N–H and O–H groups in total. The molecular weight excluding hydrogens is 450 g/mol. The first-order valence-electron chi connectivity index (χ1n) is 12.0. The first-order valence-corrected chi connectivity index (χ1v) is 12.0. The summed E-state index contributed by atoms with van der Waals surface area (Å²) in [6.07, 6.45) is 3.06. The number of imide groups is 1. The van der Waals surface area contributed by atoms with Crippen molar-refractivity contribution in [1.82, 2.24) is 14.5 Å². The van der Waals surface area contributed by atoms with Gasteiger partial charge >= 0.3 is 5.69 Å². The molecule has 1 aromatic carbocycles. The fraction of sp³-hybridized carbons (Fsp3) is 0.480. The Balaban J connectivity index is 1.68. The summed E-state index contributed by atoms with van der Waals surface area (Å²) in [5, 5.41) is 0. The van der Waals surface area contributed by atoms with Gasteiger partial charge in [0.05, 0.1) is 18.4 Å². The maximum Gasteiger partial charge on any atom is 0.330 e. The Hall–Kier alpha value is -3.69. The average Bonchev–Trinajstić information content (AvgIpc) is 3.06. The number of nitrogens with two attached hydrogens (primary N) is 1. The zero-order valence-corrected chi connectivity index (χ0v) is 20.0. The molecule has 1 saturated heterocycles. The van der Waals surface area contributed by atoms with Crippen LogP contribution in [0.15, 0.2) is 39.9 Å². The van der Waals surface area contributed by atoms with E-state index in [1.807, 2.05) is 44.2 Å². The minimum Gasteiger partial charge on any atom is -0.383 e. The van der Waals surface area contributed by atoms with Crippen LogP contribution in [0.25, 0.3) is 0 Å². The van der Waals surface area contributed by atoms with Crippen LogP contribution in [0.3, 0.4) is 0 Å². The number of aromatic amines is 1. The van der Waals surface area contributed by atoms with Crippen molar-refractivity contribution in [3.8, 4) is 0 Å². The normalized spacial score (nSPS) is 19.8. The summed E-state index contributed by atoms with van der Waals surface area (Å²) in [5.74, 6) is -2.19.